The molecule has 1 aliphatic rings. The topological polar surface area (TPSA) is 17.8 Å². The molecule has 1 aliphatic carbocycles. The molecule has 47 heavy (non-hydrogen) atoms. The van der Waals surface area contributed by atoms with E-state index < -0.39 is 0 Å². The van der Waals surface area contributed by atoms with E-state index in [9.17, 15) is 0 Å². The minimum atomic E-state index is -0.0549. The summed E-state index contributed by atoms with van der Waals surface area (Å²) in [7, 11) is 0. The van der Waals surface area contributed by atoms with Crippen molar-refractivity contribution >= 4 is 64.2 Å². The average molecular weight is 623 g/mol. The molecule has 0 bridgehead atoms. The molecule has 0 atom stereocenters. The van der Waals surface area contributed by atoms with Crippen LogP contribution in [0.2, 0.25) is 0 Å². The van der Waals surface area contributed by atoms with E-state index in [1.54, 1.807) is 0 Å². The average Bonchev–Trinajstić information content (AvgIpc) is 3.74. The van der Waals surface area contributed by atoms with Crippen molar-refractivity contribution in [1.29, 1.82) is 0 Å². The van der Waals surface area contributed by atoms with E-state index in [1.165, 1.54) is 80.7 Å². The van der Waals surface area contributed by atoms with Crippen LogP contribution in [0.1, 0.15) is 38.8 Å². The maximum Gasteiger partial charge on any atom is 0.138 e. The molecule has 0 radical (unpaired) electrons. The Balaban J connectivity index is 0.00000149. The lowest BCUT2D eigenvalue weighted by molar-refractivity contribution is 0.661. The van der Waals surface area contributed by atoms with E-state index in [0.717, 1.165) is 11.3 Å². The number of hydrogen-bond donors (Lipinski definition) is 0. The van der Waals surface area contributed by atoms with Crippen LogP contribution in [0.15, 0.2) is 133 Å². The molecule has 10 rings (SSSR count). The van der Waals surface area contributed by atoms with E-state index in [-0.39, 0.29) is 5.41 Å². The van der Waals surface area contributed by atoms with Crippen LogP contribution in [0.25, 0.3) is 81.0 Å². The fourth-order valence-electron chi connectivity index (χ4n) is 7.87. The molecule has 6 aromatic carbocycles. The molecule has 0 N–H and O–H groups in total. The van der Waals surface area contributed by atoms with Crippen molar-refractivity contribution in [3.8, 4) is 28.1 Å². The van der Waals surface area contributed by atoms with Gasteiger partial charge < -0.3 is 0 Å². The third kappa shape index (κ3) is 3.93. The summed E-state index contributed by atoms with van der Waals surface area (Å²) in [4.78, 5) is 5.36. The van der Waals surface area contributed by atoms with Gasteiger partial charge in [0.2, 0.25) is 0 Å². The van der Waals surface area contributed by atoms with Crippen LogP contribution in [-0.4, -0.2) is 9.55 Å². The minimum absolute atomic E-state index is 0.0549. The predicted octanol–water partition coefficient (Wildman–Crippen LogP) is 12.7. The fourth-order valence-corrected chi connectivity index (χ4v) is 9.10. The monoisotopic (exact) mass is 622 g/mol. The van der Waals surface area contributed by atoms with Crippen LogP contribution in [0.5, 0.6) is 0 Å². The molecule has 0 spiro atoms. The van der Waals surface area contributed by atoms with Gasteiger partial charge in [-0.15, -0.1) is 11.3 Å². The van der Waals surface area contributed by atoms with Gasteiger partial charge in [0.1, 0.15) is 5.82 Å². The third-order valence-corrected chi connectivity index (χ3v) is 11.2. The predicted molar refractivity (Wildman–Crippen MR) is 203 cm³/mol. The van der Waals surface area contributed by atoms with Gasteiger partial charge >= 0.3 is 0 Å². The standard InChI is InChI=1S/C42H28N2S.C2H6/c1-42(2)34-18-7-3-12-25(34)32-23-38-33(22-35(32)42)27-14-5-9-20-37(27)44(38)40-24-31(26-13-4-8-19-36(26)43-40)30-17-11-16-29-28-15-6-10-21-39(28)45-41(29)30;1-2/h3-24H,1-2H3;1-2H3. The fraction of sp³-hybridized carbons (Fsp3) is 0.114. The molecule has 3 aromatic heterocycles. The van der Waals surface area contributed by atoms with Gasteiger partial charge in [-0.05, 0) is 64.2 Å². The Kier molecular flexibility index (Phi) is 6.19. The lowest BCUT2D eigenvalue weighted by Crippen LogP contribution is -2.14. The summed E-state index contributed by atoms with van der Waals surface area (Å²) >= 11 is 1.88. The molecular formula is C44H34N2S. The van der Waals surface area contributed by atoms with Crippen molar-refractivity contribution in [2.24, 2.45) is 0 Å². The first-order valence-corrected chi connectivity index (χ1v) is 17.4. The maximum absolute atomic E-state index is 5.36. The van der Waals surface area contributed by atoms with Gasteiger partial charge in [0.25, 0.3) is 0 Å². The maximum atomic E-state index is 5.36. The number of nitrogens with zero attached hydrogens (tertiary/aromatic N) is 2. The molecule has 3 heteroatoms. The van der Waals surface area contributed by atoms with Gasteiger partial charge in [0, 0.05) is 47.3 Å². The minimum Gasteiger partial charge on any atom is -0.294 e. The summed E-state index contributed by atoms with van der Waals surface area (Å²) in [6, 6.07) is 48.9. The normalized spacial score (nSPS) is 13.3. The highest BCUT2D eigenvalue weighted by atomic mass is 32.1. The summed E-state index contributed by atoms with van der Waals surface area (Å²) < 4.78 is 5.03. The highest BCUT2D eigenvalue weighted by molar-refractivity contribution is 7.26. The number of fused-ring (bicyclic) bond motifs is 10. The van der Waals surface area contributed by atoms with Gasteiger partial charge in [-0.2, -0.15) is 0 Å². The zero-order valence-electron chi connectivity index (χ0n) is 27.0. The van der Waals surface area contributed by atoms with Gasteiger partial charge in [-0.1, -0.05) is 125 Å². The highest BCUT2D eigenvalue weighted by Gasteiger charge is 2.36. The van der Waals surface area contributed by atoms with Crippen molar-refractivity contribution in [2.45, 2.75) is 33.1 Å². The van der Waals surface area contributed by atoms with Gasteiger partial charge in [-0.3, -0.25) is 4.57 Å². The number of rotatable bonds is 2. The number of pyridine rings is 1. The SMILES string of the molecule is CC.CC1(C)c2ccccc2-c2cc3c(cc21)c1ccccc1n3-c1cc(-c2cccc3c2sc2ccccc23)c2ccccc2n1. The smallest absolute Gasteiger partial charge is 0.138 e. The second kappa shape index (κ2) is 10.4. The van der Waals surface area contributed by atoms with Crippen LogP contribution >= 0.6 is 11.3 Å². The molecule has 0 saturated heterocycles. The lowest BCUT2D eigenvalue weighted by atomic mass is 9.82. The van der Waals surface area contributed by atoms with Crippen LogP contribution in [0.3, 0.4) is 0 Å². The Bertz CT molecular complexity index is 2690. The second-order valence-corrected chi connectivity index (χ2v) is 13.8. The van der Waals surface area contributed by atoms with Gasteiger partial charge in [0.05, 0.1) is 16.6 Å². The summed E-state index contributed by atoms with van der Waals surface area (Å²) in [5.41, 5.74) is 11.2. The molecule has 226 valence electrons. The molecule has 0 fully saturated rings. The van der Waals surface area contributed by atoms with Gasteiger partial charge in [0.15, 0.2) is 0 Å². The Hall–Kier alpha value is -5.25. The first kappa shape index (κ1) is 28.0. The number of hydrogen-bond acceptors (Lipinski definition) is 2. The van der Waals surface area contributed by atoms with Crippen LogP contribution in [-0.2, 0) is 5.41 Å². The van der Waals surface area contributed by atoms with Crippen LogP contribution < -0.4 is 0 Å². The Labute approximate surface area is 278 Å². The summed E-state index contributed by atoms with van der Waals surface area (Å²) in [5, 5.41) is 6.32. The molecule has 2 nitrogen and oxygen atoms in total. The van der Waals surface area contributed by atoms with Crippen molar-refractivity contribution in [1.82, 2.24) is 9.55 Å². The molecule has 0 saturated carbocycles. The largest absolute Gasteiger partial charge is 0.294 e. The van der Waals surface area contributed by atoms with Crippen molar-refractivity contribution in [3.05, 3.63) is 145 Å². The zero-order chi connectivity index (χ0) is 31.9. The first-order valence-electron chi connectivity index (χ1n) is 16.6. The second-order valence-electron chi connectivity index (χ2n) is 12.8. The first-order chi connectivity index (χ1) is 23.1. The molecular weight excluding hydrogens is 589 g/mol. The molecule has 3 heterocycles. The van der Waals surface area contributed by atoms with E-state index in [1.807, 2.05) is 25.2 Å². The number of para-hydroxylation sites is 2. The van der Waals surface area contributed by atoms with E-state index in [4.69, 9.17) is 4.98 Å². The number of aromatic nitrogens is 2. The van der Waals surface area contributed by atoms with Crippen molar-refractivity contribution < 1.29 is 0 Å². The summed E-state index contributed by atoms with van der Waals surface area (Å²) in [5.74, 6) is 0.943. The zero-order valence-corrected chi connectivity index (χ0v) is 27.8. The summed E-state index contributed by atoms with van der Waals surface area (Å²) in [6.45, 7) is 8.71. The third-order valence-electron chi connectivity index (χ3n) is 10.0. The number of benzene rings is 6. The van der Waals surface area contributed by atoms with Crippen LogP contribution in [0.4, 0.5) is 0 Å². The highest BCUT2D eigenvalue weighted by Crippen LogP contribution is 2.51. The molecule has 0 amide bonds. The lowest BCUT2D eigenvalue weighted by Gasteiger charge is -2.21. The Morgan fingerprint density at radius 2 is 1.19 bits per heavy atom. The molecule has 0 unspecified atom stereocenters. The van der Waals surface area contributed by atoms with Crippen molar-refractivity contribution in [2.75, 3.05) is 0 Å². The van der Waals surface area contributed by atoms with Gasteiger partial charge in [-0.25, -0.2) is 4.98 Å². The quantitative estimate of drug-likeness (QED) is 0.188. The van der Waals surface area contributed by atoms with Crippen LogP contribution in [0, 0.1) is 0 Å². The summed E-state index contributed by atoms with van der Waals surface area (Å²) in [6.07, 6.45) is 0. The van der Waals surface area contributed by atoms with Crippen molar-refractivity contribution in [3.63, 3.8) is 0 Å². The number of thiophene rings is 1. The molecule has 9 aromatic rings. The van der Waals surface area contributed by atoms with E-state index in [2.05, 4.69) is 152 Å². The van der Waals surface area contributed by atoms with E-state index >= 15 is 0 Å². The molecule has 0 aliphatic heterocycles. The Morgan fingerprint density at radius 3 is 2.06 bits per heavy atom. The Morgan fingerprint density at radius 1 is 0.511 bits per heavy atom. The van der Waals surface area contributed by atoms with E-state index in [0.29, 0.717) is 0 Å².